The van der Waals surface area contributed by atoms with Gasteiger partial charge in [-0.15, -0.1) is 0 Å². The van der Waals surface area contributed by atoms with Crippen molar-refractivity contribution in [2.45, 2.75) is 20.3 Å². The molecule has 15 heavy (non-hydrogen) atoms. The highest BCUT2D eigenvalue weighted by Crippen LogP contribution is 2.30. The fourth-order valence-electron chi connectivity index (χ4n) is 1.36. The van der Waals surface area contributed by atoms with Crippen LogP contribution in [0.2, 0.25) is 0 Å². The molecule has 0 amide bonds. The monoisotopic (exact) mass is 284 g/mol. The predicted molar refractivity (Wildman–Crippen MR) is 70.8 cm³/mol. The lowest BCUT2D eigenvalue weighted by molar-refractivity contribution is 0.977. The van der Waals surface area contributed by atoms with Crippen LogP contribution in [0.15, 0.2) is 16.6 Å². The van der Waals surface area contributed by atoms with Crippen LogP contribution in [0.1, 0.15) is 18.9 Å². The minimum atomic E-state index is 0.986. The van der Waals surface area contributed by atoms with Crippen molar-refractivity contribution in [3.05, 3.63) is 22.2 Å². The molecule has 2 rings (SSSR count). The third-order valence-electron chi connectivity index (χ3n) is 2.20. The highest BCUT2D eigenvalue weighted by atomic mass is 79.9. The van der Waals surface area contributed by atoms with Gasteiger partial charge in [0.05, 0.1) is 10.2 Å². The molecule has 1 aromatic heterocycles. The summed E-state index contributed by atoms with van der Waals surface area (Å²) in [7, 11) is 0. The second kappa shape index (κ2) is 4.49. The Morgan fingerprint density at radius 2 is 2.27 bits per heavy atom. The molecule has 0 radical (unpaired) electrons. The van der Waals surface area contributed by atoms with Gasteiger partial charge in [0.2, 0.25) is 0 Å². The van der Waals surface area contributed by atoms with Crippen molar-refractivity contribution in [1.29, 1.82) is 0 Å². The van der Waals surface area contributed by atoms with Crippen molar-refractivity contribution >= 4 is 42.6 Å². The first-order valence-corrected chi connectivity index (χ1v) is 6.62. The van der Waals surface area contributed by atoms with Gasteiger partial charge in [-0.3, -0.25) is 0 Å². The highest BCUT2D eigenvalue weighted by Gasteiger charge is 2.05. The van der Waals surface area contributed by atoms with Crippen LogP contribution in [-0.2, 0) is 0 Å². The molecular weight excluding hydrogens is 272 g/mol. The zero-order valence-electron chi connectivity index (χ0n) is 8.80. The molecule has 0 aliphatic heterocycles. The fraction of sp³-hybridized carbons (Fsp3) is 0.364. The van der Waals surface area contributed by atoms with Gasteiger partial charge in [0.25, 0.3) is 0 Å². The third kappa shape index (κ3) is 2.32. The van der Waals surface area contributed by atoms with Crippen molar-refractivity contribution in [2.24, 2.45) is 0 Å². The number of halogens is 1. The number of nitrogens with zero attached hydrogens (tertiary/aromatic N) is 1. The number of anilines is 1. The SMILES string of the molecule is CCCNc1nc2cc(C)c(Br)cc2s1. The Hall–Kier alpha value is -0.610. The molecule has 0 atom stereocenters. The molecule has 0 aliphatic rings. The maximum atomic E-state index is 4.54. The molecule has 2 aromatic rings. The molecule has 1 N–H and O–H groups in total. The van der Waals surface area contributed by atoms with Gasteiger partial charge in [0.1, 0.15) is 0 Å². The van der Waals surface area contributed by atoms with E-state index in [1.54, 1.807) is 11.3 Å². The van der Waals surface area contributed by atoms with Crippen LogP contribution in [0.4, 0.5) is 5.13 Å². The standard InChI is InChI=1S/C11H13BrN2S/c1-3-4-13-11-14-9-5-7(2)8(12)6-10(9)15-11/h5-6H,3-4H2,1-2H3,(H,13,14). The number of aromatic nitrogens is 1. The van der Waals surface area contributed by atoms with Gasteiger partial charge in [-0.25, -0.2) is 4.98 Å². The molecule has 80 valence electrons. The molecule has 0 bridgehead atoms. The summed E-state index contributed by atoms with van der Waals surface area (Å²) in [6.07, 6.45) is 1.12. The van der Waals surface area contributed by atoms with Crippen LogP contribution in [0, 0.1) is 6.92 Å². The quantitative estimate of drug-likeness (QED) is 0.914. The fourth-order valence-corrected chi connectivity index (χ4v) is 2.77. The number of thiazole rings is 1. The molecule has 0 aliphatic carbocycles. The molecule has 1 heterocycles. The van der Waals surface area contributed by atoms with Gasteiger partial charge >= 0.3 is 0 Å². The summed E-state index contributed by atoms with van der Waals surface area (Å²) in [5, 5.41) is 4.33. The van der Waals surface area contributed by atoms with E-state index < -0.39 is 0 Å². The van der Waals surface area contributed by atoms with E-state index in [-0.39, 0.29) is 0 Å². The molecule has 0 saturated heterocycles. The van der Waals surface area contributed by atoms with E-state index in [1.807, 2.05) is 0 Å². The summed E-state index contributed by atoms with van der Waals surface area (Å²) in [6.45, 7) is 5.23. The van der Waals surface area contributed by atoms with Crippen molar-refractivity contribution in [3.63, 3.8) is 0 Å². The highest BCUT2D eigenvalue weighted by molar-refractivity contribution is 9.10. The van der Waals surface area contributed by atoms with Gasteiger partial charge in [-0.2, -0.15) is 0 Å². The van der Waals surface area contributed by atoms with Crippen molar-refractivity contribution in [3.8, 4) is 0 Å². The predicted octanol–water partition coefficient (Wildman–Crippen LogP) is 4.19. The Kier molecular flexibility index (Phi) is 3.26. The molecule has 0 unspecified atom stereocenters. The van der Waals surface area contributed by atoms with E-state index >= 15 is 0 Å². The number of benzene rings is 1. The topological polar surface area (TPSA) is 24.9 Å². The maximum absolute atomic E-state index is 4.54. The zero-order valence-corrected chi connectivity index (χ0v) is 11.2. The molecule has 0 saturated carbocycles. The number of aryl methyl sites for hydroxylation is 1. The van der Waals surface area contributed by atoms with Crippen LogP contribution >= 0.6 is 27.3 Å². The van der Waals surface area contributed by atoms with Gasteiger partial charge in [-0.1, -0.05) is 34.2 Å². The van der Waals surface area contributed by atoms with Crippen LogP contribution in [-0.4, -0.2) is 11.5 Å². The van der Waals surface area contributed by atoms with Crippen LogP contribution in [0.5, 0.6) is 0 Å². The summed E-state index contributed by atoms with van der Waals surface area (Å²) in [5.41, 5.74) is 2.31. The zero-order chi connectivity index (χ0) is 10.8. The largest absolute Gasteiger partial charge is 0.361 e. The van der Waals surface area contributed by atoms with E-state index in [4.69, 9.17) is 0 Å². The van der Waals surface area contributed by atoms with Crippen molar-refractivity contribution < 1.29 is 0 Å². The summed E-state index contributed by atoms with van der Waals surface area (Å²) in [6, 6.07) is 4.26. The third-order valence-corrected chi connectivity index (χ3v) is 4.03. The normalized spacial score (nSPS) is 10.9. The van der Waals surface area contributed by atoms with Crippen molar-refractivity contribution in [1.82, 2.24) is 4.98 Å². The van der Waals surface area contributed by atoms with E-state index in [0.717, 1.165) is 28.1 Å². The van der Waals surface area contributed by atoms with E-state index in [2.05, 4.69) is 52.2 Å². The average molecular weight is 285 g/mol. The lowest BCUT2D eigenvalue weighted by Gasteiger charge is -1.96. The smallest absolute Gasteiger partial charge is 0.183 e. The van der Waals surface area contributed by atoms with Gasteiger partial charge in [0.15, 0.2) is 5.13 Å². The second-order valence-corrected chi connectivity index (χ2v) is 5.40. The number of hydrogen-bond acceptors (Lipinski definition) is 3. The Morgan fingerprint density at radius 1 is 1.47 bits per heavy atom. The van der Waals surface area contributed by atoms with Crippen LogP contribution in [0.25, 0.3) is 10.2 Å². The Labute approximate surface area is 102 Å². The van der Waals surface area contributed by atoms with E-state index in [1.165, 1.54) is 10.3 Å². The summed E-state index contributed by atoms with van der Waals surface area (Å²) < 4.78 is 2.38. The lowest BCUT2D eigenvalue weighted by Crippen LogP contribution is -1.98. The Morgan fingerprint density at radius 3 is 3.00 bits per heavy atom. The van der Waals surface area contributed by atoms with Gasteiger partial charge in [0, 0.05) is 11.0 Å². The van der Waals surface area contributed by atoms with Crippen LogP contribution in [0.3, 0.4) is 0 Å². The summed E-state index contributed by atoms with van der Waals surface area (Å²) >= 11 is 5.24. The number of fused-ring (bicyclic) bond motifs is 1. The molecule has 0 spiro atoms. The second-order valence-electron chi connectivity index (χ2n) is 3.51. The van der Waals surface area contributed by atoms with Gasteiger partial charge in [-0.05, 0) is 31.0 Å². The summed E-state index contributed by atoms with van der Waals surface area (Å²) in [5.74, 6) is 0. The number of hydrogen-bond donors (Lipinski definition) is 1. The van der Waals surface area contributed by atoms with Crippen LogP contribution < -0.4 is 5.32 Å². The minimum absolute atomic E-state index is 0.986. The molecule has 4 heteroatoms. The molecular formula is C11H13BrN2S. The Bertz CT molecular complexity index is 440. The first-order chi connectivity index (χ1) is 7.20. The molecule has 2 nitrogen and oxygen atoms in total. The molecule has 0 fully saturated rings. The van der Waals surface area contributed by atoms with Gasteiger partial charge < -0.3 is 5.32 Å². The average Bonchev–Trinajstić information content (AvgIpc) is 2.58. The van der Waals surface area contributed by atoms with E-state index in [0.29, 0.717) is 0 Å². The number of nitrogens with one attached hydrogen (secondary N) is 1. The molecule has 1 aromatic carbocycles. The number of rotatable bonds is 3. The van der Waals surface area contributed by atoms with Crippen molar-refractivity contribution in [2.75, 3.05) is 11.9 Å². The first kappa shape index (κ1) is 10.9. The minimum Gasteiger partial charge on any atom is -0.361 e. The maximum Gasteiger partial charge on any atom is 0.183 e. The Balaban J connectivity index is 2.38. The summed E-state index contributed by atoms with van der Waals surface area (Å²) in [4.78, 5) is 4.54. The lowest BCUT2D eigenvalue weighted by atomic mass is 10.2. The van der Waals surface area contributed by atoms with E-state index in [9.17, 15) is 0 Å². The first-order valence-electron chi connectivity index (χ1n) is 5.01.